The molecule has 1 heterocycles. The zero-order valence-corrected chi connectivity index (χ0v) is 13.6. The first-order valence-corrected chi connectivity index (χ1v) is 6.33. The van der Waals surface area contributed by atoms with Crippen molar-refractivity contribution in [3.05, 3.63) is 11.6 Å². The van der Waals surface area contributed by atoms with Gasteiger partial charge in [0.15, 0.2) is 5.11 Å². The van der Waals surface area contributed by atoms with Crippen molar-refractivity contribution in [3.63, 3.8) is 0 Å². The molecule has 4 nitrogen and oxygen atoms in total. The molecule has 1 unspecified atom stereocenters. The first kappa shape index (κ1) is 15.8. The van der Waals surface area contributed by atoms with Crippen LogP contribution >= 0.6 is 12.2 Å². The summed E-state index contributed by atoms with van der Waals surface area (Å²) in [5, 5.41) is 14.6. The number of amides is 1. The van der Waals surface area contributed by atoms with Crippen LogP contribution in [-0.4, -0.2) is 16.9 Å². The Hall–Kier alpha value is -0.230. The summed E-state index contributed by atoms with van der Waals surface area (Å²) in [6.07, 6.45) is 6.34. The Balaban J connectivity index is 0.00000162. The number of allylic oxidation sites excluding steroid dienone is 1. The standard InChI is InChI=1S/C12H16N2O2S.Na/c1-2-12(8-6-4-3-5-7-8)9(15)13-11(17)14-10(12)16;/h6H,2-5,7H2,1H3,(H2,13,14,15,16,17);/q;+1/p-1. The van der Waals surface area contributed by atoms with Crippen molar-refractivity contribution in [1.82, 2.24) is 5.32 Å². The molecule has 0 bridgehead atoms. The van der Waals surface area contributed by atoms with Crippen LogP contribution in [0.3, 0.4) is 0 Å². The van der Waals surface area contributed by atoms with E-state index in [1.165, 1.54) is 0 Å². The molecule has 6 heteroatoms. The zero-order chi connectivity index (χ0) is 12.5. The summed E-state index contributed by atoms with van der Waals surface area (Å²) in [7, 11) is 0. The Kier molecular flexibility index (Phi) is 5.52. The summed E-state index contributed by atoms with van der Waals surface area (Å²) in [4.78, 5) is 15.9. The Morgan fingerprint density at radius 1 is 1.56 bits per heavy atom. The van der Waals surface area contributed by atoms with Crippen molar-refractivity contribution < 1.29 is 39.5 Å². The van der Waals surface area contributed by atoms with E-state index in [0.29, 0.717) is 6.42 Å². The van der Waals surface area contributed by atoms with E-state index in [9.17, 15) is 9.90 Å². The van der Waals surface area contributed by atoms with Gasteiger partial charge in [0.2, 0.25) is 5.91 Å². The molecular formula is C12H15N2NaO2S. The maximum atomic E-state index is 12.1. The quantitative estimate of drug-likeness (QED) is 0.362. The first-order chi connectivity index (χ1) is 8.11. The van der Waals surface area contributed by atoms with Gasteiger partial charge in [-0.3, -0.25) is 4.79 Å². The van der Waals surface area contributed by atoms with Crippen LogP contribution in [0.15, 0.2) is 16.6 Å². The number of hydrogen-bond donors (Lipinski definition) is 1. The van der Waals surface area contributed by atoms with E-state index >= 15 is 0 Å². The molecule has 1 atom stereocenters. The third kappa shape index (κ3) is 2.54. The van der Waals surface area contributed by atoms with Crippen molar-refractivity contribution in [2.45, 2.75) is 39.0 Å². The molecule has 0 aromatic heterocycles. The summed E-state index contributed by atoms with van der Waals surface area (Å²) in [5.74, 6) is -0.708. The fourth-order valence-corrected chi connectivity index (χ4v) is 2.74. The van der Waals surface area contributed by atoms with E-state index in [-0.39, 0.29) is 40.6 Å². The molecule has 2 rings (SSSR count). The molecule has 0 saturated carbocycles. The second-order valence-electron chi connectivity index (χ2n) is 4.41. The normalized spacial score (nSPS) is 27.8. The van der Waals surface area contributed by atoms with E-state index in [0.717, 1.165) is 31.3 Å². The molecule has 1 aliphatic heterocycles. The number of carbonyl (C=O) groups is 1. The molecule has 1 amide bonds. The Morgan fingerprint density at radius 3 is 2.78 bits per heavy atom. The average molecular weight is 274 g/mol. The number of nitrogens with zero attached hydrogens (tertiary/aromatic N) is 1. The predicted octanol–water partition coefficient (Wildman–Crippen LogP) is -1.94. The van der Waals surface area contributed by atoms with Crippen LogP contribution in [0.5, 0.6) is 0 Å². The van der Waals surface area contributed by atoms with Crippen LogP contribution in [0.1, 0.15) is 39.0 Å². The molecule has 0 aromatic rings. The van der Waals surface area contributed by atoms with Gasteiger partial charge in [-0.05, 0) is 50.2 Å². The first-order valence-electron chi connectivity index (χ1n) is 5.92. The van der Waals surface area contributed by atoms with E-state index in [2.05, 4.69) is 10.3 Å². The zero-order valence-electron chi connectivity index (χ0n) is 10.8. The fraction of sp³-hybridized carbons (Fsp3) is 0.583. The van der Waals surface area contributed by atoms with Gasteiger partial charge in [0.05, 0.1) is 5.41 Å². The molecule has 92 valence electrons. The van der Waals surface area contributed by atoms with E-state index in [4.69, 9.17) is 12.2 Å². The fourth-order valence-electron chi connectivity index (χ4n) is 2.56. The Labute approximate surface area is 134 Å². The molecule has 0 spiro atoms. The van der Waals surface area contributed by atoms with Crippen LogP contribution < -0.4 is 40.0 Å². The van der Waals surface area contributed by atoms with Crippen LogP contribution in [0.25, 0.3) is 0 Å². The van der Waals surface area contributed by atoms with Gasteiger partial charge in [-0.25, -0.2) is 4.99 Å². The average Bonchev–Trinajstić information content (AvgIpc) is 2.30. The van der Waals surface area contributed by atoms with Gasteiger partial charge >= 0.3 is 29.6 Å². The molecule has 1 N–H and O–H groups in total. The molecule has 0 fully saturated rings. The summed E-state index contributed by atoms with van der Waals surface area (Å²) in [5.41, 5.74) is -0.178. The maximum Gasteiger partial charge on any atom is 1.00 e. The second-order valence-corrected chi connectivity index (χ2v) is 4.80. The predicted molar refractivity (Wildman–Crippen MR) is 67.5 cm³/mol. The topological polar surface area (TPSA) is 64.5 Å². The van der Waals surface area contributed by atoms with Crippen molar-refractivity contribution in [2.75, 3.05) is 0 Å². The summed E-state index contributed by atoms with van der Waals surface area (Å²) in [6, 6.07) is 0. The third-order valence-corrected chi connectivity index (χ3v) is 3.74. The number of rotatable bonds is 2. The number of thiocarbonyl (C=S) groups is 1. The molecule has 2 aliphatic rings. The van der Waals surface area contributed by atoms with Crippen molar-refractivity contribution in [3.8, 4) is 0 Å². The van der Waals surface area contributed by atoms with Crippen molar-refractivity contribution in [2.24, 2.45) is 10.4 Å². The van der Waals surface area contributed by atoms with Gasteiger partial charge in [0.25, 0.3) is 0 Å². The van der Waals surface area contributed by atoms with E-state index < -0.39 is 11.3 Å². The van der Waals surface area contributed by atoms with Gasteiger partial charge < -0.3 is 10.4 Å². The Morgan fingerprint density at radius 2 is 2.28 bits per heavy atom. The summed E-state index contributed by atoms with van der Waals surface area (Å²) < 4.78 is 0. The molecule has 0 aromatic carbocycles. The van der Waals surface area contributed by atoms with Gasteiger partial charge in [-0.2, -0.15) is 0 Å². The molecule has 18 heavy (non-hydrogen) atoms. The molecule has 0 saturated heterocycles. The largest absolute Gasteiger partial charge is 1.00 e. The third-order valence-electron chi connectivity index (χ3n) is 3.55. The van der Waals surface area contributed by atoms with Crippen molar-refractivity contribution in [1.29, 1.82) is 0 Å². The summed E-state index contributed by atoms with van der Waals surface area (Å²) in [6.45, 7) is 1.84. The van der Waals surface area contributed by atoms with Crippen LogP contribution in [0.2, 0.25) is 0 Å². The maximum absolute atomic E-state index is 12.1. The van der Waals surface area contributed by atoms with Crippen LogP contribution in [-0.2, 0) is 4.79 Å². The Bertz CT molecular complexity index is 434. The summed E-state index contributed by atoms with van der Waals surface area (Å²) >= 11 is 4.77. The number of nitrogens with one attached hydrogen (secondary N) is 1. The molecule has 0 radical (unpaired) electrons. The molecule has 1 aliphatic carbocycles. The van der Waals surface area contributed by atoms with Gasteiger partial charge in [0, 0.05) is 0 Å². The van der Waals surface area contributed by atoms with Gasteiger partial charge in [0.1, 0.15) is 0 Å². The monoisotopic (exact) mass is 274 g/mol. The van der Waals surface area contributed by atoms with Crippen LogP contribution in [0, 0.1) is 5.41 Å². The minimum Gasteiger partial charge on any atom is -0.861 e. The van der Waals surface area contributed by atoms with E-state index in [1.807, 2.05) is 13.0 Å². The number of carbonyl (C=O) groups excluding carboxylic acids is 1. The second kappa shape index (κ2) is 6.28. The van der Waals surface area contributed by atoms with Gasteiger partial charge in [-0.15, -0.1) is 0 Å². The van der Waals surface area contributed by atoms with Gasteiger partial charge in [-0.1, -0.05) is 18.6 Å². The SMILES string of the molecule is CCC1(C2=CCCCC2)C(=O)NC(=S)N=C1[O-].[Na+]. The number of hydrogen-bond acceptors (Lipinski definition) is 3. The minimum absolute atomic E-state index is 0. The van der Waals surface area contributed by atoms with E-state index in [1.54, 1.807) is 0 Å². The minimum atomic E-state index is -1.09. The smallest absolute Gasteiger partial charge is 0.861 e. The number of aliphatic imine (C=N–C) groups is 1. The molecular weight excluding hydrogens is 259 g/mol. The van der Waals surface area contributed by atoms with Crippen molar-refractivity contribution >= 4 is 29.1 Å². The van der Waals surface area contributed by atoms with Crippen LogP contribution in [0.4, 0.5) is 0 Å².